The van der Waals surface area contributed by atoms with Crippen molar-refractivity contribution in [3.63, 3.8) is 0 Å². The van der Waals surface area contributed by atoms with Gasteiger partial charge in [-0.25, -0.2) is 4.79 Å². The van der Waals surface area contributed by atoms with Gasteiger partial charge in [-0.2, -0.15) is 0 Å². The lowest BCUT2D eigenvalue weighted by Crippen LogP contribution is -2.45. The van der Waals surface area contributed by atoms with Crippen LogP contribution < -0.4 is 20.1 Å². The molecule has 0 saturated heterocycles. The number of unbranched alkanes of at least 4 members (excludes halogenated alkanes) is 1. The number of carbonyl (C=O) groups is 1. The Kier molecular flexibility index (Phi) is 7.91. The molecule has 0 aliphatic carbocycles. The van der Waals surface area contributed by atoms with E-state index in [2.05, 4.69) is 17.6 Å². The number of ether oxygens (including phenoxy) is 3. The van der Waals surface area contributed by atoms with Crippen LogP contribution >= 0.6 is 12.2 Å². The number of esters is 1. The summed E-state index contributed by atoms with van der Waals surface area (Å²) in [4.78, 5) is 12.5. The fraction of sp³-hybridized carbons (Fsp3) is 0.500. The van der Waals surface area contributed by atoms with Crippen molar-refractivity contribution in [3.05, 3.63) is 35.0 Å². The van der Waals surface area contributed by atoms with Gasteiger partial charge in [0.2, 0.25) is 0 Å². The highest BCUT2D eigenvalue weighted by Crippen LogP contribution is 2.35. The summed E-state index contributed by atoms with van der Waals surface area (Å²) in [7, 11) is 0. The zero-order valence-electron chi connectivity index (χ0n) is 16.4. The number of carbonyl (C=O) groups excluding carboxylic acids is 1. The number of hydrogen-bond donors (Lipinski definition) is 2. The largest absolute Gasteiger partial charge is 0.490 e. The maximum Gasteiger partial charge on any atom is 0.338 e. The van der Waals surface area contributed by atoms with Gasteiger partial charge in [0.1, 0.15) is 0 Å². The van der Waals surface area contributed by atoms with Crippen molar-refractivity contribution in [2.24, 2.45) is 0 Å². The molecule has 0 saturated carbocycles. The molecular formula is C20H28N2O4S. The van der Waals surface area contributed by atoms with E-state index in [1.165, 1.54) is 0 Å². The highest BCUT2D eigenvalue weighted by atomic mass is 32.1. The molecule has 2 N–H and O–H groups in total. The van der Waals surface area contributed by atoms with Crippen LogP contribution in [-0.2, 0) is 9.53 Å². The third-order valence-electron chi connectivity index (χ3n) is 4.12. The van der Waals surface area contributed by atoms with E-state index < -0.39 is 6.04 Å². The quantitative estimate of drug-likeness (QED) is 0.378. The summed E-state index contributed by atoms with van der Waals surface area (Å²) in [5.41, 5.74) is 2.04. The molecular weight excluding hydrogens is 364 g/mol. The Morgan fingerprint density at radius 2 is 1.93 bits per heavy atom. The smallest absolute Gasteiger partial charge is 0.338 e. The van der Waals surface area contributed by atoms with Crippen LogP contribution in [0.2, 0.25) is 0 Å². The first-order valence-corrected chi connectivity index (χ1v) is 9.77. The second kappa shape index (κ2) is 10.2. The van der Waals surface area contributed by atoms with Crippen molar-refractivity contribution in [1.82, 2.24) is 10.6 Å². The molecule has 27 heavy (non-hydrogen) atoms. The van der Waals surface area contributed by atoms with Crippen LogP contribution in [0.3, 0.4) is 0 Å². The minimum atomic E-state index is -0.415. The normalized spacial score (nSPS) is 16.4. The van der Waals surface area contributed by atoms with E-state index in [-0.39, 0.29) is 5.97 Å². The Morgan fingerprint density at radius 3 is 2.59 bits per heavy atom. The summed E-state index contributed by atoms with van der Waals surface area (Å²) in [6, 6.07) is 5.27. The highest BCUT2D eigenvalue weighted by Gasteiger charge is 2.31. The molecule has 0 bridgehead atoms. The molecule has 0 fully saturated rings. The molecule has 1 heterocycles. The molecule has 7 heteroatoms. The molecule has 6 nitrogen and oxygen atoms in total. The van der Waals surface area contributed by atoms with Gasteiger partial charge >= 0.3 is 5.97 Å². The van der Waals surface area contributed by atoms with Crippen LogP contribution in [0.15, 0.2) is 29.5 Å². The first kappa shape index (κ1) is 21.0. The molecule has 0 radical (unpaired) electrons. The maximum atomic E-state index is 12.5. The molecule has 0 aromatic heterocycles. The fourth-order valence-electron chi connectivity index (χ4n) is 2.84. The van der Waals surface area contributed by atoms with Crippen molar-refractivity contribution in [1.29, 1.82) is 0 Å². The topological polar surface area (TPSA) is 68.8 Å². The SMILES string of the molecule is CCCCOc1ccc(C2NC(=S)NC(C)=C2C(=O)OCC)cc1OCC. The minimum absolute atomic E-state index is 0.307. The molecule has 1 aliphatic heterocycles. The summed E-state index contributed by atoms with van der Waals surface area (Å²) in [5.74, 6) is 0.978. The Bertz CT molecular complexity index is 718. The molecule has 1 aromatic carbocycles. The molecule has 1 unspecified atom stereocenters. The number of benzene rings is 1. The number of hydrogen-bond acceptors (Lipinski definition) is 5. The average molecular weight is 393 g/mol. The van der Waals surface area contributed by atoms with Gasteiger partial charge in [-0.1, -0.05) is 19.4 Å². The lowest BCUT2D eigenvalue weighted by Gasteiger charge is -2.30. The van der Waals surface area contributed by atoms with E-state index in [0.29, 0.717) is 47.7 Å². The zero-order chi connectivity index (χ0) is 19.8. The van der Waals surface area contributed by atoms with Gasteiger partial charge in [0.15, 0.2) is 16.6 Å². The van der Waals surface area contributed by atoms with Gasteiger partial charge in [-0.15, -0.1) is 0 Å². The summed E-state index contributed by atoms with van der Waals surface area (Å²) >= 11 is 5.28. The van der Waals surface area contributed by atoms with Crippen molar-refractivity contribution in [3.8, 4) is 11.5 Å². The third kappa shape index (κ3) is 5.35. The van der Waals surface area contributed by atoms with E-state index in [4.69, 9.17) is 26.4 Å². The van der Waals surface area contributed by atoms with Gasteiger partial charge in [0.25, 0.3) is 0 Å². The number of nitrogens with one attached hydrogen (secondary N) is 2. The van der Waals surface area contributed by atoms with Crippen molar-refractivity contribution >= 4 is 23.3 Å². The third-order valence-corrected chi connectivity index (χ3v) is 4.34. The van der Waals surface area contributed by atoms with Crippen molar-refractivity contribution < 1.29 is 19.0 Å². The number of allylic oxidation sites excluding steroid dienone is 1. The zero-order valence-corrected chi connectivity index (χ0v) is 17.2. The highest BCUT2D eigenvalue weighted by molar-refractivity contribution is 7.80. The standard InChI is InChI=1S/C20H28N2O4S/c1-5-8-11-26-15-10-9-14(12-16(15)24-6-2)18-17(19(23)25-7-3)13(4)21-20(27)22-18/h9-10,12,18H,5-8,11H2,1-4H3,(H2,21,22,27). The van der Waals surface area contributed by atoms with E-state index in [1.807, 2.05) is 32.0 Å². The Morgan fingerprint density at radius 1 is 1.15 bits per heavy atom. The number of rotatable bonds is 9. The molecule has 0 amide bonds. The predicted octanol–water partition coefficient (Wildman–Crippen LogP) is 3.62. The molecule has 2 rings (SSSR count). The first-order valence-electron chi connectivity index (χ1n) is 9.36. The minimum Gasteiger partial charge on any atom is -0.490 e. The summed E-state index contributed by atoms with van der Waals surface area (Å²) < 4.78 is 16.8. The van der Waals surface area contributed by atoms with Crippen LogP contribution in [0.1, 0.15) is 52.1 Å². The second-order valence-corrected chi connectivity index (χ2v) is 6.54. The lowest BCUT2D eigenvalue weighted by atomic mass is 9.95. The molecule has 148 valence electrons. The lowest BCUT2D eigenvalue weighted by molar-refractivity contribution is -0.139. The summed E-state index contributed by atoms with van der Waals surface area (Å²) in [6.07, 6.45) is 2.04. The van der Waals surface area contributed by atoms with Gasteiger partial charge < -0.3 is 24.8 Å². The van der Waals surface area contributed by atoms with Gasteiger partial charge in [0.05, 0.1) is 31.4 Å². The van der Waals surface area contributed by atoms with Crippen LogP contribution in [0, 0.1) is 0 Å². The van der Waals surface area contributed by atoms with E-state index in [1.54, 1.807) is 6.92 Å². The first-order chi connectivity index (χ1) is 13.0. The van der Waals surface area contributed by atoms with Crippen LogP contribution in [0.5, 0.6) is 11.5 Å². The van der Waals surface area contributed by atoms with Crippen LogP contribution in [-0.4, -0.2) is 30.9 Å². The average Bonchev–Trinajstić information content (AvgIpc) is 2.62. The fourth-order valence-corrected chi connectivity index (χ4v) is 3.11. The summed E-state index contributed by atoms with van der Waals surface area (Å²) in [5, 5.41) is 6.62. The monoisotopic (exact) mass is 392 g/mol. The van der Waals surface area contributed by atoms with Gasteiger partial charge in [-0.05, 0) is 57.1 Å². The van der Waals surface area contributed by atoms with Crippen molar-refractivity contribution in [2.75, 3.05) is 19.8 Å². The molecule has 1 aliphatic rings. The molecule has 1 atom stereocenters. The molecule has 1 aromatic rings. The van der Waals surface area contributed by atoms with Crippen LogP contribution in [0.4, 0.5) is 0 Å². The van der Waals surface area contributed by atoms with E-state index in [0.717, 1.165) is 18.4 Å². The molecule has 0 spiro atoms. The number of thiocarbonyl (C=S) groups is 1. The van der Waals surface area contributed by atoms with Crippen molar-refractivity contribution in [2.45, 2.75) is 46.6 Å². The predicted molar refractivity (Wildman–Crippen MR) is 109 cm³/mol. The van der Waals surface area contributed by atoms with Crippen LogP contribution in [0.25, 0.3) is 0 Å². The second-order valence-electron chi connectivity index (χ2n) is 6.13. The Balaban J connectivity index is 2.38. The Labute approximate surface area is 166 Å². The van der Waals surface area contributed by atoms with Gasteiger partial charge in [-0.3, -0.25) is 0 Å². The van der Waals surface area contributed by atoms with Gasteiger partial charge in [0, 0.05) is 5.70 Å². The Hall–Kier alpha value is -2.28. The summed E-state index contributed by atoms with van der Waals surface area (Å²) in [6.45, 7) is 9.11. The maximum absolute atomic E-state index is 12.5. The van der Waals surface area contributed by atoms with E-state index in [9.17, 15) is 4.79 Å². The van der Waals surface area contributed by atoms with E-state index >= 15 is 0 Å².